The van der Waals surface area contributed by atoms with Crippen LogP contribution in [0.4, 0.5) is 0 Å². The Morgan fingerprint density at radius 1 is 1.33 bits per heavy atom. The molecule has 2 nitrogen and oxygen atoms in total. The molecule has 4 heteroatoms. The van der Waals surface area contributed by atoms with Crippen LogP contribution in [0, 0.1) is 0 Å². The zero-order valence-electron chi connectivity index (χ0n) is 11.9. The van der Waals surface area contributed by atoms with Crippen molar-refractivity contribution in [2.75, 3.05) is 6.61 Å². The van der Waals surface area contributed by atoms with Crippen LogP contribution in [0.5, 0.6) is 0 Å². The molecule has 0 aliphatic rings. The fraction of sp³-hybridized carbons (Fsp3) is 0.500. The molecular formula is C14H23NOSSi. The van der Waals surface area contributed by atoms with E-state index < -0.39 is 8.07 Å². The fourth-order valence-corrected chi connectivity index (χ4v) is 3.05. The quantitative estimate of drug-likeness (QED) is 0.678. The van der Waals surface area contributed by atoms with Gasteiger partial charge in [-0.1, -0.05) is 43.9 Å². The first-order valence-corrected chi connectivity index (χ1v) is 10.2. The highest BCUT2D eigenvalue weighted by Crippen LogP contribution is 2.31. The minimum atomic E-state index is -1.56. The van der Waals surface area contributed by atoms with Gasteiger partial charge in [0.25, 0.3) is 0 Å². The van der Waals surface area contributed by atoms with E-state index in [1.54, 1.807) is 0 Å². The molecule has 100 valence electrons. The van der Waals surface area contributed by atoms with Crippen LogP contribution in [0.2, 0.25) is 19.6 Å². The van der Waals surface area contributed by atoms with Gasteiger partial charge in [-0.15, -0.1) is 0 Å². The Labute approximate surface area is 117 Å². The first-order chi connectivity index (χ1) is 8.21. The van der Waals surface area contributed by atoms with Gasteiger partial charge < -0.3 is 10.5 Å². The van der Waals surface area contributed by atoms with Crippen LogP contribution in [0.1, 0.15) is 25.0 Å². The minimum Gasteiger partial charge on any atom is -0.483 e. The van der Waals surface area contributed by atoms with E-state index in [9.17, 15) is 0 Å². The summed E-state index contributed by atoms with van der Waals surface area (Å²) in [6, 6.07) is 8.06. The first kappa shape index (κ1) is 15.3. The van der Waals surface area contributed by atoms with Crippen molar-refractivity contribution in [2.24, 2.45) is 5.73 Å². The molecule has 2 N–H and O–H groups in total. The van der Waals surface area contributed by atoms with Gasteiger partial charge in [0, 0.05) is 10.7 Å². The Morgan fingerprint density at radius 3 is 2.39 bits per heavy atom. The van der Waals surface area contributed by atoms with Gasteiger partial charge >= 0.3 is 0 Å². The lowest BCUT2D eigenvalue weighted by Gasteiger charge is -2.38. The summed E-state index contributed by atoms with van der Waals surface area (Å²) in [6.07, 6.45) is 0. The lowest BCUT2D eigenvalue weighted by Crippen LogP contribution is -2.54. The van der Waals surface area contributed by atoms with Gasteiger partial charge in [-0.25, -0.2) is 0 Å². The molecule has 0 aliphatic carbocycles. The fourth-order valence-electron chi connectivity index (χ4n) is 1.73. The SMILES string of the molecule is CCOC(=S)c1ccccc1C(C)(N)[Si](C)(C)C. The lowest BCUT2D eigenvalue weighted by molar-refractivity contribution is 0.337. The predicted octanol–water partition coefficient (Wildman–Crippen LogP) is 3.45. The van der Waals surface area contributed by atoms with Crippen molar-refractivity contribution in [1.82, 2.24) is 0 Å². The molecule has 0 saturated carbocycles. The number of nitrogens with two attached hydrogens (primary N) is 1. The maximum absolute atomic E-state index is 6.60. The summed E-state index contributed by atoms with van der Waals surface area (Å²) >= 11 is 5.34. The Morgan fingerprint density at radius 2 is 1.89 bits per heavy atom. The Balaban J connectivity index is 3.30. The van der Waals surface area contributed by atoms with E-state index in [1.165, 1.54) is 0 Å². The summed E-state index contributed by atoms with van der Waals surface area (Å²) in [6.45, 7) is 11.4. The van der Waals surface area contributed by atoms with Crippen LogP contribution in [-0.2, 0) is 9.90 Å². The topological polar surface area (TPSA) is 35.2 Å². The van der Waals surface area contributed by atoms with Crippen LogP contribution in [0.25, 0.3) is 0 Å². The standard InChI is InChI=1S/C14H23NOSSi/c1-6-16-13(17)11-9-7-8-10-12(11)14(2,15)18(3,4)5/h7-10H,6,15H2,1-5H3. The molecule has 1 aromatic carbocycles. The smallest absolute Gasteiger partial charge is 0.191 e. The third kappa shape index (κ3) is 2.99. The minimum absolute atomic E-state index is 0.329. The molecule has 1 aromatic rings. The highest BCUT2D eigenvalue weighted by atomic mass is 32.1. The molecule has 0 heterocycles. The number of ether oxygens (including phenoxy) is 1. The average molecular weight is 281 g/mol. The first-order valence-electron chi connectivity index (χ1n) is 6.27. The molecule has 18 heavy (non-hydrogen) atoms. The van der Waals surface area contributed by atoms with Crippen molar-refractivity contribution in [3.8, 4) is 0 Å². The summed E-state index contributed by atoms with van der Waals surface area (Å²) < 4.78 is 5.47. The largest absolute Gasteiger partial charge is 0.483 e. The molecule has 0 saturated heterocycles. The molecular weight excluding hydrogens is 258 g/mol. The van der Waals surface area contributed by atoms with Gasteiger partial charge in [-0.2, -0.15) is 0 Å². The Kier molecular flexibility index (Phi) is 4.70. The van der Waals surface area contributed by atoms with Crippen LogP contribution in [0.3, 0.4) is 0 Å². The number of hydrogen-bond acceptors (Lipinski definition) is 3. The van der Waals surface area contributed by atoms with E-state index in [4.69, 9.17) is 22.7 Å². The average Bonchev–Trinajstić information content (AvgIpc) is 2.28. The van der Waals surface area contributed by atoms with Crippen molar-refractivity contribution >= 4 is 25.3 Å². The highest BCUT2D eigenvalue weighted by molar-refractivity contribution is 7.80. The van der Waals surface area contributed by atoms with Crippen molar-refractivity contribution in [3.05, 3.63) is 35.4 Å². The second-order valence-corrected chi connectivity index (χ2v) is 11.6. The molecule has 0 radical (unpaired) electrons. The van der Waals surface area contributed by atoms with Gasteiger partial charge in [0.1, 0.15) is 0 Å². The van der Waals surface area contributed by atoms with E-state index in [0.29, 0.717) is 11.7 Å². The number of rotatable bonds is 4. The van der Waals surface area contributed by atoms with Gasteiger partial charge in [-0.3, -0.25) is 0 Å². The van der Waals surface area contributed by atoms with E-state index >= 15 is 0 Å². The van der Waals surface area contributed by atoms with E-state index in [-0.39, 0.29) is 5.16 Å². The summed E-state index contributed by atoms with van der Waals surface area (Å²) in [5.41, 5.74) is 8.66. The molecule has 0 fully saturated rings. The number of thiocarbonyl (C=S) groups is 1. The van der Waals surface area contributed by atoms with Gasteiger partial charge in [0.15, 0.2) is 5.05 Å². The summed E-state index contributed by atoms with van der Waals surface area (Å²) in [5.74, 6) is 0. The second-order valence-electron chi connectivity index (χ2n) is 5.72. The summed E-state index contributed by atoms with van der Waals surface area (Å²) in [5, 5.41) is 0.216. The lowest BCUT2D eigenvalue weighted by atomic mass is 10.0. The normalized spacial score (nSPS) is 15.0. The van der Waals surface area contributed by atoms with Gasteiger partial charge in [0.2, 0.25) is 0 Å². The molecule has 0 spiro atoms. The zero-order valence-corrected chi connectivity index (χ0v) is 13.7. The molecule has 0 amide bonds. The highest BCUT2D eigenvalue weighted by Gasteiger charge is 2.38. The Hall–Kier alpha value is -0.713. The molecule has 0 bridgehead atoms. The molecule has 1 rings (SSSR count). The molecule has 0 aromatic heterocycles. The Bertz CT molecular complexity index is 438. The number of benzene rings is 1. The summed E-state index contributed by atoms with van der Waals surface area (Å²) in [7, 11) is -1.56. The molecule has 1 unspecified atom stereocenters. The van der Waals surface area contributed by atoms with E-state index in [1.807, 2.05) is 25.1 Å². The van der Waals surface area contributed by atoms with Crippen molar-refractivity contribution in [3.63, 3.8) is 0 Å². The zero-order chi connectivity index (χ0) is 14.0. The molecule has 1 atom stereocenters. The van der Waals surface area contributed by atoms with Crippen LogP contribution in [0.15, 0.2) is 24.3 Å². The second kappa shape index (κ2) is 5.51. The maximum Gasteiger partial charge on any atom is 0.191 e. The van der Waals surface area contributed by atoms with E-state index in [2.05, 4.69) is 32.6 Å². The van der Waals surface area contributed by atoms with E-state index in [0.717, 1.165) is 11.1 Å². The third-order valence-corrected chi connectivity index (χ3v) is 7.26. The predicted molar refractivity (Wildman–Crippen MR) is 84.7 cm³/mol. The van der Waals surface area contributed by atoms with Crippen molar-refractivity contribution in [2.45, 2.75) is 38.7 Å². The van der Waals surface area contributed by atoms with Crippen molar-refractivity contribution < 1.29 is 4.74 Å². The maximum atomic E-state index is 6.60. The van der Waals surface area contributed by atoms with Crippen LogP contribution < -0.4 is 5.73 Å². The van der Waals surface area contributed by atoms with Crippen LogP contribution >= 0.6 is 12.2 Å². The number of hydrogen-bond donors (Lipinski definition) is 1. The molecule has 0 aliphatic heterocycles. The third-order valence-electron chi connectivity index (χ3n) is 3.54. The van der Waals surface area contributed by atoms with Crippen molar-refractivity contribution in [1.29, 1.82) is 0 Å². The van der Waals surface area contributed by atoms with Crippen LogP contribution in [-0.4, -0.2) is 19.7 Å². The van der Waals surface area contributed by atoms with Gasteiger partial charge in [-0.05, 0) is 31.6 Å². The summed E-state index contributed by atoms with van der Waals surface area (Å²) in [4.78, 5) is 0. The monoisotopic (exact) mass is 281 g/mol. The van der Waals surface area contributed by atoms with Gasteiger partial charge in [0.05, 0.1) is 14.7 Å².